The maximum Gasteiger partial charge on any atom is 0.304 e. The number of piperidine rings is 1. The fourth-order valence-electron chi connectivity index (χ4n) is 2.74. The summed E-state index contributed by atoms with van der Waals surface area (Å²) in [5.41, 5.74) is 0.806. The van der Waals surface area contributed by atoms with Crippen LogP contribution >= 0.6 is 0 Å². The van der Waals surface area contributed by atoms with Crippen molar-refractivity contribution in [2.45, 2.75) is 25.2 Å². The molecule has 0 aromatic carbocycles. The molecule has 1 aromatic heterocycles. The van der Waals surface area contributed by atoms with E-state index >= 15 is 0 Å². The van der Waals surface area contributed by atoms with Gasteiger partial charge in [-0.1, -0.05) is 0 Å². The van der Waals surface area contributed by atoms with Crippen molar-refractivity contribution in [1.29, 1.82) is 0 Å². The lowest BCUT2D eigenvalue weighted by molar-refractivity contribution is -0.137. The number of hydrogen-bond donors (Lipinski definition) is 1. The minimum Gasteiger partial charge on any atom is -0.481 e. The zero-order chi connectivity index (χ0) is 13.0. The Bertz CT molecular complexity index is 396. The number of nitrogens with zero attached hydrogens (tertiary/aromatic N) is 3. The fourth-order valence-corrected chi connectivity index (χ4v) is 2.74. The van der Waals surface area contributed by atoms with Gasteiger partial charge in [0.05, 0.1) is 12.1 Å². The molecule has 1 aliphatic heterocycles. The first-order chi connectivity index (χ1) is 8.66. The van der Waals surface area contributed by atoms with E-state index in [1.807, 2.05) is 0 Å². The standard InChI is InChI=1S/C13H19N3O2/c1-16-6-2-3-10(9-16)11(7-13(17)18)12-8-14-4-5-15-12/h4-5,8,10-11H,2-3,6-7,9H2,1H3,(H,17,18). The Morgan fingerprint density at radius 3 is 3.06 bits per heavy atom. The maximum absolute atomic E-state index is 11.0. The second kappa shape index (κ2) is 5.91. The third-order valence-corrected chi connectivity index (χ3v) is 3.59. The summed E-state index contributed by atoms with van der Waals surface area (Å²) < 4.78 is 0. The number of carbonyl (C=O) groups is 1. The summed E-state index contributed by atoms with van der Waals surface area (Å²) in [6.07, 6.45) is 7.28. The molecule has 5 nitrogen and oxygen atoms in total. The summed E-state index contributed by atoms with van der Waals surface area (Å²) in [5.74, 6) is -0.436. The number of hydrogen-bond acceptors (Lipinski definition) is 4. The van der Waals surface area contributed by atoms with Gasteiger partial charge in [0.1, 0.15) is 0 Å². The Morgan fingerprint density at radius 2 is 2.44 bits per heavy atom. The molecule has 98 valence electrons. The topological polar surface area (TPSA) is 66.3 Å². The molecule has 2 heterocycles. The van der Waals surface area contributed by atoms with Crippen LogP contribution in [0.25, 0.3) is 0 Å². The van der Waals surface area contributed by atoms with Gasteiger partial charge in [-0.05, 0) is 32.4 Å². The zero-order valence-corrected chi connectivity index (χ0v) is 10.6. The summed E-state index contributed by atoms with van der Waals surface area (Å²) in [6, 6.07) is 0. The highest BCUT2D eigenvalue weighted by Gasteiger charge is 2.29. The highest BCUT2D eigenvalue weighted by Crippen LogP contribution is 2.32. The molecule has 1 aromatic rings. The van der Waals surface area contributed by atoms with Crippen LogP contribution in [0.3, 0.4) is 0 Å². The van der Waals surface area contributed by atoms with E-state index in [9.17, 15) is 4.79 Å². The zero-order valence-electron chi connectivity index (χ0n) is 10.6. The van der Waals surface area contributed by atoms with Gasteiger partial charge < -0.3 is 10.0 Å². The van der Waals surface area contributed by atoms with Gasteiger partial charge in [-0.15, -0.1) is 0 Å². The SMILES string of the molecule is CN1CCCC(C(CC(=O)O)c2cnccn2)C1. The van der Waals surface area contributed by atoms with Crippen LogP contribution < -0.4 is 0 Å². The van der Waals surface area contributed by atoms with Gasteiger partial charge in [-0.25, -0.2) is 0 Å². The van der Waals surface area contributed by atoms with Crippen molar-refractivity contribution < 1.29 is 9.90 Å². The molecule has 1 fully saturated rings. The van der Waals surface area contributed by atoms with Crippen LogP contribution in [0.4, 0.5) is 0 Å². The molecule has 0 radical (unpaired) electrons. The molecule has 2 rings (SSSR count). The van der Waals surface area contributed by atoms with Crippen LogP contribution in [0.1, 0.15) is 30.9 Å². The molecule has 0 aliphatic carbocycles. The van der Waals surface area contributed by atoms with E-state index in [1.165, 1.54) is 0 Å². The highest BCUT2D eigenvalue weighted by molar-refractivity contribution is 5.68. The van der Waals surface area contributed by atoms with Crippen LogP contribution in [0, 0.1) is 5.92 Å². The van der Waals surface area contributed by atoms with Crippen molar-refractivity contribution in [3.63, 3.8) is 0 Å². The maximum atomic E-state index is 11.0. The van der Waals surface area contributed by atoms with Gasteiger partial charge in [0, 0.05) is 31.1 Å². The third kappa shape index (κ3) is 3.26. The summed E-state index contributed by atoms with van der Waals surface area (Å²) in [5, 5.41) is 9.08. The molecule has 2 unspecified atom stereocenters. The normalized spacial score (nSPS) is 22.6. The molecule has 18 heavy (non-hydrogen) atoms. The highest BCUT2D eigenvalue weighted by atomic mass is 16.4. The number of likely N-dealkylation sites (tertiary alicyclic amines) is 1. The molecule has 0 saturated carbocycles. The molecule has 0 amide bonds. The average Bonchev–Trinajstić information content (AvgIpc) is 2.37. The number of carboxylic acid groups (broad SMARTS) is 1. The van der Waals surface area contributed by atoms with E-state index in [0.717, 1.165) is 31.6 Å². The van der Waals surface area contributed by atoms with Gasteiger partial charge in [-0.3, -0.25) is 14.8 Å². The number of rotatable bonds is 4. The molecule has 1 N–H and O–H groups in total. The lowest BCUT2D eigenvalue weighted by Gasteiger charge is -2.34. The second-order valence-corrected chi connectivity index (χ2v) is 5.00. The van der Waals surface area contributed by atoms with Crippen molar-refractivity contribution in [2.75, 3.05) is 20.1 Å². The minimum absolute atomic E-state index is 0.0288. The van der Waals surface area contributed by atoms with Crippen LogP contribution in [-0.2, 0) is 4.79 Å². The first-order valence-electron chi connectivity index (χ1n) is 6.33. The molecule has 5 heteroatoms. The van der Waals surface area contributed by atoms with Crippen molar-refractivity contribution >= 4 is 5.97 Å². The molecular formula is C13H19N3O2. The monoisotopic (exact) mass is 249 g/mol. The predicted molar refractivity (Wildman–Crippen MR) is 67.2 cm³/mol. The minimum atomic E-state index is -0.765. The Balaban J connectivity index is 2.16. The Labute approximate surface area is 107 Å². The lowest BCUT2D eigenvalue weighted by Crippen LogP contribution is -2.36. The molecule has 2 atom stereocenters. The Hall–Kier alpha value is -1.49. The van der Waals surface area contributed by atoms with Gasteiger partial charge in [0.25, 0.3) is 0 Å². The van der Waals surface area contributed by atoms with E-state index in [-0.39, 0.29) is 12.3 Å². The van der Waals surface area contributed by atoms with Crippen molar-refractivity contribution in [3.05, 3.63) is 24.3 Å². The van der Waals surface area contributed by atoms with Crippen LogP contribution in [0.15, 0.2) is 18.6 Å². The molecule has 0 bridgehead atoms. The summed E-state index contributed by atoms with van der Waals surface area (Å²) in [6.45, 7) is 2.03. The van der Waals surface area contributed by atoms with Gasteiger partial charge in [0.15, 0.2) is 0 Å². The van der Waals surface area contributed by atoms with Gasteiger partial charge >= 0.3 is 5.97 Å². The summed E-state index contributed by atoms with van der Waals surface area (Å²) >= 11 is 0. The van der Waals surface area contributed by atoms with E-state index in [0.29, 0.717) is 5.92 Å². The molecule has 0 spiro atoms. The smallest absolute Gasteiger partial charge is 0.304 e. The molecular weight excluding hydrogens is 230 g/mol. The number of aliphatic carboxylic acids is 1. The van der Waals surface area contributed by atoms with E-state index in [2.05, 4.69) is 21.9 Å². The Kier molecular flexibility index (Phi) is 4.25. The molecule has 1 saturated heterocycles. The molecule has 1 aliphatic rings. The fraction of sp³-hybridized carbons (Fsp3) is 0.615. The number of aromatic nitrogens is 2. The van der Waals surface area contributed by atoms with Crippen LogP contribution in [-0.4, -0.2) is 46.1 Å². The third-order valence-electron chi connectivity index (χ3n) is 3.59. The predicted octanol–water partition coefficient (Wildman–Crippen LogP) is 1.38. The van der Waals surface area contributed by atoms with E-state index in [1.54, 1.807) is 18.6 Å². The second-order valence-electron chi connectivity index (χ2n) is 5.00. The van der Waals surface area contributed by atoms with Gasteiger partial charge in [-0.2, -0.15) is 0 Å². The first kappa shape index (κ1) is 13.0. The number of carboxylic acids is 1. The summed E-state index contributed by atoms with van der Waals surface area (Å²) in [7, 11) is 2.08. The first-order valence-corrected chi connectivity index (χ1v) is 6.33. The van der Waals surface area contributed by atoms with Crippen LogP contribution in [0.2, 0.25) is 0 Å². The van der Waals surface area contributed by atoms with E-state index < -0.39 is 5.97 Å². The van der Waals surface area contributed by atoms with Crippen LogP contribution in [0.5, 0.6) is 0 Å². The quantitative estimate of drug-likeness (QED) is 0.873. The van der Waals surface area contributed by atoms with E-state index in [4.69, 9.17) is 5.11 Å². The summed E-state index contributed by atoms with van der Waals surface area (Å²) in [4.78, 5) is 21.7. The van der Waals surface area contributed by atoms with Crippen molar-refractivity contribution in [2.24, 2.45) is 5.92 Å². The Morgan fingerprint density at radius 1 is 1.61 bits per heavy atom. The van der Waals surface area contributed by atoms with Gasteiger partial charge in [0.2, 0.25) is 0 Å². The van der Waals surface area contributed by atoms with Crippen molar-refractivity contribution in [3.8, 4) is 0 Å². The van der Waals surface area contributed by atoms with Crippen molar-refractivity contribution in [1.82, 2.24) is 14.9 Å². The average molecular weight is 249 g/mol. The largest absolute Gasteiger partial charge is 0.481 e. The lowest BCUT2D eigenvalue weighted by atomic mass is 9.81.